The smallest absolute Gasteiger partial charge is 0.0386 e. The molecule has 0 radical (unpaired) electrons. The minimum atomic E-state index is 1.09. The van der Waals surface area contributed by atoms with Crippen LogP contribution in [0.3, 0.4) is 0 Å². The van der Waals surface area contributed by atoms with Crippen molar-refractivity contribution in [3.8, 4) is 0 Å². The van der Waals surface area contributed by atoms with Gasteiger partial charge in [0, 0.05) is 0 Å². The molecular weight excluding hydrogens is 144 g/mol. The first-order valence-corrected chi connectivity index (χ1v) is 5.88. The fourth-order valence-electron chi connectivity index (χ4n) is 2.79. The van der Waals surface area contributed by atoms with E-state index in [0.717, 1.165) is 11.8 Å². The zero-order chi connectivity index (χ0) is 8.81. The van der Waals surface area contributed by atoms with Gasteiger partial charge in [0.1, 0.15) is 0 Å². The minimum absolute atomic E-state index is 1.09. The van der Waals surface area contributed by atoms with E-state index in [1.54, 1.807) is 0 Å². The van der Waals surface area contributed by atoms with Crippen LogP contribution in [0.15, 0.2) is 0 Å². The van der Waals surface area contributed by atoms with Crippen molar-refractivity contribution in [3.63, 3.8) is 0 Å². The van der Waals surface area contributed by atoms with Crippen molar-refractivity contribution in [2.24, 2.45) is 11.8 Å². The van der Waals surface area contributed by atoms with Crippen molar-refractivity contribution in [1.82, 2.24) is 0 Å². The van der Waals surface area contributed by atoms with Crippen molar-refractivity contribution < 1.29 is 0 Å². The molecule has 1 rings (SSSR count). The molecule has 0 aromatic rings. The number of hydrogen-bond acceptors (Lipinski definition) is 0. The molecule has 0 saturated heterocycles. The van der Waals surface area contributed by atoms with Crippen molar-refractivity contribution in [3.05, 3.63) is 0 Å². The zero-order valence-corrected chi connectivity index (χ0v) is 8.81. The second kappa shape index (κ2) is 5.61. The first-order valence-electron chi connectivity index (χ1n) is 5.88. The van der Waals surface area contributed by atoms with Crippen LogP contribution in [0.25, 0.3) is 0 Å². The Balaban J connectivity index is 2.31. The summed E-state index contributed by atoms with van der Waals surface area (Å²) in [5.41, 5.74) is 0. The van der Waals surface area contributed by atoms with Gasteiger partial charge in [0.25, 0.3) is 0 Å². The van der Waals surface area contributed by atoms with Crippen LogP contribution < -0.4 is 0 Å². The zero-order valence-electron chi connectivity index (χ0n) is 8.81. The third kappa shape index (κ3) is 2.80. The molecular formula is C12H24. The topological polar surface area (TPSA) is 0 Å². The summed E-state index contributed by atoms with van der Waals surface area (Å²) in [6.45, 7) is 4.66. The van der Waals surface area contributed by atoms with Gasteiger partial charge in [-0.1, -0.05) is 65.2 Å². The van der Waals surface area contributed by atoms with E-state index in [2.05, 4.69) is 13.8 Å². The number of hydrogen-bond donors (Lipinski definition) is 0. The summed E-state index contributed by atoms with van der Waals surface area (Å²) in [6.07, 6.45) is 11.8. The maximum Gasteiger partial charge on any atom is -0.0386 e. The molecule has 72 valence electrons. The molecule has 0 N–H and O–H groups in total. The maximum absolute atomic E-state index is 2.33. The summed E-state index contributed by atoms with van der Waals surface area (Å²) < 4.78 is 0. The van der Waals surface area contributed by atoms with Gasteiger partial charge >= 0.3 is 0 Å². The van der Waals surface area contributed by atoms with E-state index < -0.39 is 0 Å². The summed E-state index contributed by atoms with van der Waals surface area (Å²) in [5, 5.41) is 0. The van der Waals surface area contributed by atoms with Crippen LogP contribution in [0.1, 0.15) is 65.2 Å². The molecule has 0 aromatic carbocycles. The Kier molecular flexibility index (Phi) is 4.72. The van der Waals surface area contributed by atoms with Crippen LogP contribution in [-0.2, 0) is 0 Å². The Morgan fingerprint density at radius 2 is 1.25 bits per heavy atom. The van der Waals surface area contributed by atoms with Crippen molar-refractivity contribution in [2.45, 2.75) is 65.2 Å². The largest absolute Gasteiger partial charge is 0.0654 e. The third-order valence-corrected chi connectivity index (χ3v) is 3.39. The molecule has 0 heterocycles. The summed E-state index contributed by atoms with van der Waals surface area (Å²) in [4.78, 5) is 0. The quantitative estimate of drug-likeness (QED) is 0.584. The van der Waals surface area contributed by atoms with Crippen LogP contribution in [0.5, 0.6) is 0 Å². The Morgan fingerprint density at radius 1 is 0.833 bits per heavy atom. The average molecular weight is 168 g/mol. The van der Waals surface area contributed by atoms with E-state index in [1.165, 1.54) is 51.4 Å². The fourth-order valence-corrected chi connectivity index (χ4v) is 2.79. The van der Waals surface area contributed by atoms with Crippen molar-refractivity contribution in [2.75, 3.05) is 0 Å². The Labute approximate surface area is 77.7 Å². The molecule has 1 unspecified atom stereocenters. The van der Waals surface area contributed by atoms with E-state index in [9.17, 15) is 0 Å². The predicted octanol–water partition coefficient (Wildman–Crippen LogP) is 4.39. The highest BCUT2D eigenvalue weighted by molar-refractivity contribution is 4.74. The molecule has 0 aliphatic heterocycles. The Bertz CT molecular complexity index is 88.6. The highest BCUT2D eigenvalue weighted by Crippen LogP contribution is 2.35. The summed E-state index contributed by atoms with van der Waals surface area (Å²) in [6, 6.07) is 0. The van der Waals surface area contributed by atoms with E-state index in [1.807, 2.05) is 0 Å². The lowest BCUT2D eigenvalue weighted by atomic mass is 9.75. The molecule has 0 aromatic heterocycles. The molecule has 1 aliphatic rings. The van der Waals surface area contributed by atoms with Gasteiger partial charge in [-0.25, -0.2) is 0 Å². The normalized spacial score (nSPS) is 30.5. The maximum atomic E-state index is 2.33. The lowest BCUT2D eigenvalue weighted by molar-refractivity contribution is 0.209. The monoisotopic (exact) mass is 168 g/mol. The van der Waals surface area contributed by atoms with Gasteiger partial charge in [0.05, 0.1) is 0 Å². The molecule has 0 heteroatoms. The van der Waals surface area contributed by atoms with Gasteiger partial charge in [-0.3, -0.25) is 0 Å². The second-order valence-corrected chi connectivity index (χ2v) is 4.38. The minimum Gasteiger partial charge on any atom is -0.0654 e. The molecule has 0 bridgehead atoms. The fraction of sp³-hybridized carbons (Fsp3) is 1.00. The Morgan fingerprint density at radius 3 is 1.58 bits per heavy atom. The number of rotatable bonds is 4. The molecule has 1 saturated carbocycles. The molecule has 12 heavy (non-hydrogen) atoms. The highest BCUT2D eigenvalue weighted by atomic mass is 14.3. The van der Waals surface area contributed by atoms with Gasteiger partial charge in [0.2, 0.25) is 0 Å². The SMILES string of the molecule is CCCC1CCCC[C@@H]1CCC. The molecule has 2 atom stereocenters. The molecule has 1 fully saturated rings. The predicted molar refractivity (Wildman–Crippen MR) is 55.3 cm³/mol. The molecule has 1 aliphatic carbocycles. The van der Waals surface area contributed by atoms with Crippen molar-refractivity contribution >= 4 is 0 Å². The lowest BCUT2D eigenvalue weighted by Crippen LogP contribution is -2.19. The molecule has 0 spiro atoms. The van der Waals surface area contributed by atoms with E-state index >= 15 is 0 Å². The van der Waals surface area contributed by atoms with Gasteiger partial charge in [-0.15, -0.1) is 0 Å². The van der Waals surface area contributed by atoms with Crippen LogP contribution >= 0.6 is 0 Å². The lowest BCUT2D eigenvalue weighted by Gasteiger charge is -2.31. The molecule has 0 amide bonds. The van der Waals surface area contributed by atoms with Gasteiger partial charge < -0.3 is 0 Å². The highest BCUT2D eigenvalue weighted by Gasteiger charge is 2.22. The summed E-state index contributed by atoms with van der Waals surface area (Å²) in [7, 11) is 0. The summed E-state index contributed by atoms with van der Waals surface area (Å²) >= 11 is 0. The first-order chi connectivity index (χ1) is 5.88. The second-order valence-electron chi connectivity index (χ2n) is 4.38. The van der Waals surface area contributed by atoms with Crippen LogP contribution in [0.4, 0.5) is 0 Å². The van der Waals surface area contributed by atoms with Gasteiger partial charge in [-0.2, -0.15) is 0 Å². The van der Waals surface area contributed by atoms with Crippen LogP contribution in [0, 0.1) is 11.8 Å². The van der Waals surface area contributed by atoms with E-state index in [4.69, 9.17) is 0 Å². The molecule has 0 nitrogen and oxygen atoms in total. The van der Waals surface area contributed by atoms with Crippen LogP contribution in [0.2, 0.25) is 0 Å². The average Bonchev–Trinajstić information content (AvgIpc) is 2.09. The third-order valence-electron chi connectivity index (χ3n) is 3.39. The van der Waals surface area contributed by atoms with E-state index in [0.29, 0.717) is 0 Å². The van der Waals surface area contributed by atoms with E-state index in [-0.39, 0.29) is 0 Å². The summed E-state index contributed by atoms with van der Waals surface area (Å²) in [5.74, 6) is 2.17. The Hall–Kier alpha value is 0. The van der Waals surface area contributed by atoms with Crippen LogP contribution in [-0.4, -0.2) is 0 Å². The standard InChI is InChI=1S/C12H24/c1-3-7-11-9-5-6-10-12(11)8-4-2/h11-12H,3-10H2,1-2H3/t11-,12?/m0/s1. The first kappa shape index (κ1) is 10.1. The van der Waals surface area contributed by atoms with Gasteiger partial charge in [-0.05, 0) is 11.8 Å². The van der Waals surface area contributed by atoms with Gasteiger partial charge in [0.15, 0.2) is 0 Å². The van der Waals surface area contributed by atoms with Crippen molar-refractivity contribution in [1.29, 1.82) is 0 Å².